The predicted molar refractivity (Wildman–Crippen MR) is 79.2 cm³/mol. The molecule has 0 aliphatic heterocycles. The first-order valence-corrected chi connectivity index (χ1v) is 6.97. The van der Waals surface area contributed by atoms with Gasteiger partial charge in [-0.1, -0.05) is 51.1 Å². The van der Waals surface area contributed by atoms with Gasteiger partial charge in [0, 0.05) is 17.0 Å². The van der Waals surface area contributed by atoms with Crippen molar-refractivity contribution in [3.8, 4) is 0 Å². The Labute approximate surface area is 115 Å². The van der Waals surface area contributed by atoms with Gasteiger partial charge in [0.2, 0.25) is 0 Å². The van der Waals surface area contributed by atoms with E-state index in [1.807, 2.05) is 6.26 Å². The van der Waals surface area contributed by atoms with Crippen molar-refractivity contribution in [1.82, 2.24) is 5.32 Å². The molecule has 19 heavy (non-hydrogen) atoms. The standard InChI is InChI=1S/C17H23NO/c1-4-11-18-16(14-10-12-19-13-14)17(2,3)15-8-6-5-7-9-15/h5-10,12-13,16,18H,4,11H2,1-3H3. The van der Waals surface area contributed by atoms with Gasteiger partial charge in [-0.2, -0.15) is 0 Å². The van der Waals surface area contributed by atoms with Crippen LogP contribution in [-0.4, -0.2) is 6.54 Å². The number of nitrogens with one attached hydrogen (secondary N) is 1. The molecule has 2 heteroatoms. The smallest absolute Gasteiger partial charge is 0.0950 e. The molecule has 0 saturated carbocycles. The van der Waals surface area contributed by atoms with Gasteiger partial charge in [0.1, 0.15) is 0 Å². The Morgan fingerprint density at radius 2 is 1.89 bits per heavy atom. The summed E-state index contributed by atoms with van der Waals surface area (Å²) >= 11 is 0. The predicted octanol–water partition coefficient (Wildman–Crippen LogP) is 4.30. The van der Waals surface area contributed by atoms with Gasteiger partial charge in [0.05, 0.1) is 12.5 Å². The summed E-state index contributed by atoms with van der Waals surface area (Å²) in [6.45, 7) is 7.76. The van der Waals surface area contributed by atoms with Crippen molar-refractivity contribution in [3.63, 3.8) is 0 Å². The van der Waals surface area contributed by atoms with Gasteiger partial charge < -0.3 is 9.73 Å². The van der Waals surface area contributed by atoms with Crippen LogP contribution in [0.5, 0.6) is 0 Å². The number of rotatable bonds is 6. The van der Waals surface area contributed by atoms with Crippen molar-refractivity contribution in [2.24, 2.45) is 0 Å². The van der Waals surface area contributed by atoms with E-state index >= 15 is 0 Å². The van der Waals surface area contributed by atoms with E-state index in [0.717, 1.165) is 13.0 Å². The first-order valence-electron chi connectivity index (χ1n) is 6.97. The minimum absolute atomic E-state index is 0.0142. The summed E-state index contributed by atoms with van der Waals surface area (Å²) in [7, 11) is 0. The van der Waals surface area contributed by atoms with Crippen LogP contribution in [0.2, 0.25) is 0 Å². The highest BCUT2D eigenvalue weighted by molar-refractivity contribution is 5.30. The zero-order valence-electron chi connectivity index (χ0n) is 12.0. The van der Waals surface area contributed by atoms with Crippen molar-refractivity contribution in [3.05, 3.63) is 60.1 Å². The highest BCUT2D eigenvalue weighted by Crippen LogP contribution is 2.36. The third-order valence-electron chi connectivity index (χ3n) is 3.71. The van der Waals surface area contributed by atoms with Crippen LogP contribution in [0.4, 0.5) is 0 Å². The summed E-state index contributed by atoms with van der Waals surface area (Å²) in [5, 5.41) is 3.65. The third-order valence-corrected chi connectivity index (χ3v) is 3.71. The highest BCUT2D eigenvalue weighted by atomic mass is 16.3. The summed E-state index contributed by atoms with van der Waals surface area (Å²) < 4.78 is 5.27. The van der Waals surface area contributed by atoms with Crippen molar-refractivity contribution in [1.29, 1.82) is 0 Å². The Morgan fingerprint density at radius 3 is 2.47 bits per heavy atom. The first-order chi connectivity index (χ1) is 9.16. The maximum Gasteiger partial charge on any atom is 0.0950 e. The van der Waals surface area contributed by atoms with Crippen LogP contribution in [0.15, 0.2) is 53.3 Å². The molecule has 0 radical (unpaired) electrons. The van der Waals surface area contributed by atoms with Crippen LogP contribution in [-0.2, 0) is 5.41 Å². The summed E-state index contributed by atoms with van der Waals surface area (Å²) in [5.74, 6) is 0. The molecule has 0 amide bonds. The second kappa shape index (κ2) is 6.07. The monoisotopic (exact) mass is 257 g/mol. The number of hydrogen-bond donors (Lipinski definition) is 1. The van der Waals surface area contributed by atoms with Crippen molar-refractivity contribution in [2.45, 2.75) is 38.6 Å². The van der Waals surface area contributed by atoms with Gasteiger partial charge in [0.15, 0.2) is 0 Å². The molecular formula is C17H23NO. The Hall–Kier alpha value is -1.54. The molecule has 1 aromatic heterocycles. The minimum Gasteiger partial charge on any atom is -0.472 e. The molecule has 1 unspecified atom stereocenters. The molecular weight excluding hydrogens is 234 g/mol. The summed E-state index contributed by atoms with van der Waals surface area (Å²) in [5.41, 5.74) is 2.56. The van der Waals surface area contributed by atoms with Crippen molar-refractivity contribution >= 4 is 0 Å². The quantitative estimate of drug-likeness (QED) is 0.834. The lowest BCUT2D eigenvalue weighted by Crippen LogP contribution is -2.37. The van der Waals surface area contributed by atoms with Crippen LogP contribution in [0.3, 0.4) is 0 Å². The van der Waals surface area contributed by atoms with Gasteiger partial charge in [-0.15, -0.1) is 0 Å². The van der Waals surface area contributed by atoms with E-state index in [0.29, 0.717) is 0 Å². The third kappa shape index (κ3) is 3.07. The average Bonchev–Trinajstić information content (AvgIpc) is 2.94. The SMILES string of the molecule is CCCNC(c1ccoc1)C(C)(C)c1ccccc1. The lowest BCUT2D eigenvalue weighted by Gasteiger charge is -2.35. The molecule has 1 N–H and O–H groups in total. The van der Waals surface area contributed by atoms with Crippen LogP contribution in [0.1, 0.15) is 44.4 Å². The Bertz CT molecular complexity index is 473. The van der Waals surface area contributed by atoms with Crippen molar-refractivity contribution < 1.29 is 4.42 Å². The van der Waals surface area contributed by atoms with E-state index in [1.165, 1.54) is 11.1 Å². The molecule has 0 spiro atoms. The molecule has 0 aliphatic rings. The summed E-state index contributed by atoms with van der Waals surface area (Å²) in [4.78, 5) is 0. The maximum atomic E-state index is 5.27. The van der Waals surface area contributed by atoms with Gasteiger partial charge in [-0.3, -0.25) is 0 Å². The van der Waals surface area contributed by atoms with Crippen LogP contribution >= 0.6 is 0 Å². The Morgan fingerprint density at radius 1 is 1.16 bits per heavy atom. The fourth-order valence-corrected chi connectivity index (χ4v) is 2.55. The van der Waals surface area contributed by atoms with E-state index in [9.17, 15) is 0 Å². The second-order valence-corrected chi connectivity index (χ2v) is 5.53. The molecule has 0 bridgehead atoms. The number of hydrogen-bond acceptors (Lipinski definition) is 2. The molecule has 102 valence electrons. The van der Waals surface area contributed by atoms with E-state index in [4.69, 9.17) is 4.42 Å². The molecule has 0 saturated heterocycles. The molecule has 2 rings (SSSR count). The lowest BCUT2D eigenvalue weighted by atomic mass is 9.75. The van der Waals surface area contributed by atoms with Crippen LogP contribution in [0.25, 0.3) is 0 Å². The lowest BCUT2D eigenvalue weighted by molar-refractivity contribution is 0.346. The van der Waals surface area contributed by atoms with E-state index < -0.39 is 0 Å². The second-order valence-electron chi connectivity index (χ2n) is 5.53. The Balaban J connectivity index is 2.31. The maximum absolute atomic E-state index is 5.27. The number of benzene rings is 1. The molecule has 0 aliphatic carbocycles. The topological polar surface area (TPSA) is 25.2 Å². The van der Waals surface area contributed by atoms with Gasteiger partial charge in [-0.05, 0) is 24.6 Å². The molecule has 2 aromatic rings. The minimum atomic E-state index is 0.0142. The first kappa shape index (κ1) is 13.9. The average molecular weight is 257 g/mol. The van der Waals surface area contributed by atoms with Gasteiger partial charge in [0.25, 0.3) is 0 Å². The van der Waals surface area contributed by atoms with Crippen molar-refractivity contribution in [2.75, 3.05) is 6.54 Å². The Kier molecular flexibility index (Phi) is 4.43. The molecule has 1 aromatic carbocycles. The van der Waals surface area contributed by atoms with E-state index in [2.05, 4.69) is 62.5 Å². The molecule has 2 nitrogen and oxygen atoms in total. The molecule has 1 heterocycles. The van der Waals surface area contributed by atoms with Gasteiger partial charge in [-0.25, -0.2) is 0 Å². The van der Waals surface area contributed by atoms with E-state index in [-0.39, 0.29) is 11.5 Å². The molecule has 0 fully saturated rings. The normalized spacial score (nSPS) is 13.4. The largest absolute Gasteiger partial charge is 0.472 e. The van der Waals surface area contributed by atoms with Crippen LogP contribution < -0.4 is 5.32 Å². The fraction of sp³-hybridized carbons (Fsp3) is 0.412. The fourth-order valence-electron chi connectivity index (χ4n) is 2.55. The zero-order valence-corrected chi connectivity index (χ0v) is 12.0. The molecule has 1 atom stereocenters. The zero-order chi connectivity index (χ0) is 13.7. The van der Waals surface area contributed by atoms with Gasteiger partial charge >= 0.3 is 0 Å². The summed E-state index contributed by atoms with van der Waals surface area (Å²) in [6.07, 6.45) is 4.72. The van der Waals surface area contributed by atoms with E-state index in [1.54, 1.807) is 6.26 Å². The number of furan rings is 1. The summed E-state index contributed by atoms with van der Waals surface area (Å²) in [6, 6.07) is 13.0. The highest BCUT2D eigenvalue weighted by Gasteiger charge is 2.32. The van der Waals surface area contributed by atoms with Crippen LogP contribution in [0, 0.1) is 0 Å².